The Kier molecular flexibility index (Phi) is 4.03. The smallest absolute Gasteiger partial charge is 0.175 e. The second-order valence-corrected chi connectivity index (χ2v) is 5.84. The zero-order valence-electron chi connectivity index (χ0n) is 7.88. The molecule has 0 saturated heterocycles. The first-order valence-electron chi connectivity index (χ1n) is 3.74. The van der Waals surface area contributed by atoms with E-state index in [0.717, 1.165) is 0 Å². The normalized spacial score (nSPS) is 12.0. The Balaban J connectivity index is 4.19. The van der Waals surface area contributed by atoms with Crippen LogP contribution < -0.4 is 0 Å². The van der Waals surface area contributed by atoms with E-state index in [4.69, 9.17) is 0 Å². The average Bonchev–Trinajstić information content (AvgIpc) is 1.87. The van der Waals surface area contributed by atoms with Gasteiger partial charge in [-0.05, 0) is 6.92 Å². The van der Waals surface area contributed by atoms with Gasteiger partial charge in [0, 0.05) is 14.0 Å². The van der Waals surface area contributed by atoms with Gasteiger partial charge in [0.05, 0.1) is 5.71 Å². The lowest BCUT2D eigenvalue weighted by Crippen LogP contribution is -2.27. The van der Waals surface area contributed by atoms with Gasteiger partial charge < -0.3 is 4.67 Å². The third-order valence-corrected chi connectivity index (χ3v) is 3.17. The molecule has 11 heavy (non-hydrogen) atoms. The maximum absolute atomic E-state index is 10.8. The Morgan fingerprint density at radius 3 is 2.09 bits per heavy atom. The van der Waals surface area contributed by atoms with Gasteiger partial charge in [0.2, 0.25) is 0 Å². The summed E-state index contributed by atoms with van der Waals surface area (Å²) in [6, 6.07) is 0. The van der Waals surface area contributed by atoms with E-state index >= 15 is 0 Å². The van der Waals surface area contributed by atoms with Gasteiger partial charge in [-0.2, -0.15) is 5.10 Å². The van der Waals surface area contributed by atoms with Crippen molar-refractivity contribution in [3.05, 3.63) is 0 Å². The van der Waals surface area contributed by atoms with Crippen LogP contribution in [0.5, 0.6) is 0 Å². The van der Waals surface area contributed by atoms with E-state index in [1.54, 1.807) is 6.92 Å². The standard InChI is InChI=1S/C7H16N2OSi/c1-6(7(2)10)8-9(3)11(4)5/h11H,1-5H3. The molecule has 0 aromatic rings. The molecule has 3 nitrogen and oxygen atoms in total. The highest BCUT2D eigenvalue weighted by Crippen LogP contribution is 1.92. The van der Waals surface area contributed by atoms with Crippen LogP contribution in [-0.4, -0.2) is 32.2 Å². The number of ketones is 1. The van der Waals surface area contributed by atoms with Crippen LogP contribution in [0.15, 0.2) is 5.10 Å². The molecule has 0 aliphatic heterocycles. The van der Waals surface area contributed by atoms with Crippen LogP contribution >= 0.6 is 0 Å². The van der Waals surface area contributed by atoms with Crippen molar-refractivity contribution in [3.63, 3.8) is 0 Å². The van der Waals surface area contributed by atoms with Crippen molar-refractivity contribution < 1.29 is 4.79 Å². The van der Waals surface area contributed by atoms with Crippen molar-refractivity contribution in [1.82, 2.24) is 4.67 Å². The van der Waals surface area contributed by atoms with E-state index in [1.165, 1.54) is 6.92 Å². The molecule has 0 aliphatic carbocycles. The summed E-state index contributed by atoms with van der Waals surface area (Å²) in [7, 11) is 1.05. The third kappa shape index (κ3) is 3.93. The van der Waals surface area contributed by atoms with E-state index in [-0.39, 0.29) is 5.78 Å². The summed E-state index contributed by atoms with van der Waals surface area (Å²) in [5, 5.41) is 4.14. The molecule has 0 radical (unpaired) electrons. The Morgan fingerprint density at radius 1 is 1.36 bits per heavy atom. The highest BCUT2D eigenvalue weighted by molar-refractivity contribution is 6.52. The first-order valence-corrected chi connectivity index (χ1v) is 6.56. The average molecular weight is 172 g/mol. The lowest BCUT2D eigenvalue weighted by atomic mass is 10.3. The second kappa shape index (κ2) is 4.28. The fourth-order valence-electron chi connectivity index (χ4n) is 0.422. The number of hydrogen-bond acceptors (Lipinski definition) is 3. The van der Waals surface area contributed by atoms with Gasteiger partial charge in [-0.25, -0.2) is 0 Å². The molecule has 0 unspecified atom stereocenters. The number of hydrazone groups is 1. The molecular weight excluding hydrogens is 156 g/mol. The van der Waals surface area contributed by atoms with Gasteiger partial charge in [-0.3, -0.25) is 4.79 Å². The fourth-order valence-corrected chi connectivity index (χ4v) is 0.827. The van der Waals surface area contributed by atoms with Gasteiger partial charge in [-0.15, -0.1) is 0 Å². The number of Topliss-reactive ketones (excluding diaryl/α,β-unsaturated/α-hetero) is 1. The van der Waals surface area contributed by atoms with Gasteiger partial charge in [0.15, 0.2) is 14.7 Å². The summed E-state index contributed by atoms with van der Waals surface area (Å²) < 4.78 is 1.91. The number of carbonyl (C=O) groups excluding carboxylic acids is 1. The number of hydrogen-bond donors (Lipinski definition) is 0. The molecule has 0 atom stereocenters. The van der Waals surface area contributed by atoms with Gasteiger partial charge in [0.1, 0.15) is 0 Å². The summed E-state index contributed by atoms with van der Waals surface area (Å²) in [6.07, 6.45) is 0. The van der Waals surface area contributed by atoms with Crippen molar-refractivity contribution in [2.75, 3.05) is 7.05 Å². The Labute approximate surface area is 69.8 Å². The van der Waals surface area contributed by atoms with Crippen molar-refractivity contribution in [1.29, 1.82) is 0 Å². The molecule has 0 aliphatic rings. The highest BCUT2D eigenvalue weighted by Gasteiger charge is 2.03. The molecule has 0 rings (SSSR count). The summed E-state index contributed by atoms with van der Waals surface area (Å²) in [6.45, 7) is 7.61. The monoisotopic (exact) mass is 172 g/mol. The van der Waals surface area contributed by atoms with Gasteiger partial charge in [0.25, 0.3) is 0 Å². The third-order valence-electron chi connectivity index (χ3n) is 1.56. The maximum atomic E-state index is 10.8. The van der Waals surface area contributed by atoms with Crippen LogP contribution in [0.2, 0.25) is 13.1 Å². The lowest BCUT2D eigenvalue weighted by Gasteiger charge is -2.16. The SMILES string of the molecule is CC(=O)C(C)=NN(C)[SiH](C)C. The summed E-state index contributed by atoms with van der Waals surface area (Å²) in [5.74, 6) is 0.0477. The Hall–Kier alpha value is -0.643. The van der Waals surface area contributed by atoms with Gasteiger partial charge in [-0.1, -0.05) is 13.1 Å². The first-order chi connectivity index (χ1) is 4.95. The molecular formula is C7H16N2OSi. The fraction of sp³-hybridized carbons (Fsp3) is 0.714. The molecule has 0 aromatic heterocycles. The predicted molar refractivity (Wildman–Crippen MR) is 50.4 cm³/mol. The molecule has 0 fully saturated rings. The topological polar surface area (TPSA) is 32.7 Å². The van der Waals surface area contributed by atoms with E-state index < -0.39 is 8.96 Å². The van der Waals surface area contributed by atoms with E-state index in [0.29, 0.717) is 5.71 Å². The zero-order valence-corrected chi connectivity index (χ0v) is 9.03. The first kappa shape index (κ1) is 10.4. The van der Waals surface area contributed by atoms with Crippen LogP contribution in [0.1, 0.15) is 13.8 Å². The Morgan fingerprint density at radius 2 is 1.82 bits per heavy atom. The van der Waals surface area contributed by atoms with Crippen LogP contribution in [0.3, 0.4) is 0 Å². The predicted octanol–water partition coefficient (Wildman–Crippen LogP) is 0.866. The zero-order chi connectivity index (χ0) is 9.02. The molecule has 0 N–H and O–H groups in total. The van der Waals surface area contributed by atoms with Crippen molar-refractivity contribution in [2.24, 2.45) is 5.10 Å². The molecule has 64 valence electrons. The Bertz CT molecular complexity index is 177. The second-order valence-electron chi connectivity index (χ2n) is 2.91. The molecule has 0 bridgehead atoms. The summed E-state index contributed by atoms with van der Waals surface area (Å²) in [4.78, 5) is 10.8. The highest BCUT2D eigenvalue weighted by atomic mass is 28.3. The van der Waals surface area contributed by atoms with E-state index in [2.05, 4.69) is 18.2 Å². The van der Waals surface area contributed by atoms with E-state index in [9.17, 15) is 4.79 Å². The lowest BCUT2D eigenvalue weighted by molar-refractivity contribution is -0.111. The van der Waals surface area contributed by atoms with Gasteiger partial charge >= 0.3 is 0 Å². The molecule has 0 saturated carbocycles. The molecule has 0 spiro atoms. The summed E-state index contributed by atoms with van der Waals surface area (Å²) >= 11 is 0. The van der Waals surface area contributed by atoms with Crippen LogP contribution in [0, 0.1) is 0 Å². The van der Waals surface area contributed by atoms with E-state index in [1.807, 2.05) is 11.7 Å². The van der Waals surface area contributed by atoms with Crippen LogP contribution in [-0.2, 0) is 4.79 Å². The number of carbonyl (C=O) groups is 1. The molecule has 0 amide bonds. The van der Waals surface area contributed by atoms with Crippen molar-refractivity contribution in [3.8, 4) is 0 Å². The summed E-state index contributed by atoms with van der Waals surface area (Å²) in [5.41, 5.74) is 0.591. The van der Waals surface area contributed by atoms with Crippen molar-refractivity contribution in [2.45, 2.75) is 26.9 Å². The molecule has 4 heteroatoms. The number of nitrogens with zero attached hydrogens (tertiary/aromatic N) is 2. The maximum Gasteiger partial charge on any atom is 0.175 e. The molecule has 0 heterocycles. The van der Waals surface area contributed by atoms with Crippen LogP contribution in [0.4, 0.5) is 0 Å². The minimum Gasteiger partial charge on any atom is -0.331 e. The molecule has 0 aromatic carbocycles. The minimum absolute atomic E-state index is 0.0477. The van der Waals surface area contributed by atoms with Crippen LogP contribution in [0.25, 0.3) is 0 Å². The number of rotatable bonds is 3. The quantitative estimate of drug-likeness (QED) is 0.359. The van der Waals surface area contributed by atoms with Crippen molar-refractivity contribution >= 4 is 20.5 Å². The largest absolute Gasteiger partial charge is 0.331 e. The minimum atomic E-state index is -0.868.